The number of ether oxygens (including phenoxy) is 2. The fourth-order valence-corrected chi connectivity index (χ4v) is 2.77. The molecule has 88 valence electrons. The third-order valence-electron chi connectivity index (χ3n) is 2.94. The Morgan fingerprint density at radius 3 is 2.69 bits per heavy atom. The molecule has 0 aliphatic carbocycles. The van der Waals surface area contributed by atoms with Crippen molar-refractivity contribution in [3.8, 4) is 11.5 Å². The summed E-state index contributed by atoms with van der Waals surface area (Å²) in [7, 11) is 3.35. The summed E-state index contributed by atoms with van der Waals surface area (Å²) < 4.78 is 11.9. The molecule has 1 aliphatic rings. The lowest BCUT2D eigenvalue weighted by Gasteiger charge is -2.19. The van der Waals surface area contributed by atoms with E-state index in [1.165, 1.54) is 12.0 Å². The van der Waals surface area contributed by atoms with Gasteiger partial charge < -0.3 is 14.8 Å². The van der Waals surface area contributed by atoms with Crippen molar-refractivity contribution in [3.63, 3.8) is 0 Å². The van der Waals surface area contributed by atoms with Gasteiger partial charge in [0.25, 0.3) is 0 Å². The van der Waals surface area contributed by atoms with Gasteiger partial charge in [-0.05, 0) is 31.5 Å². The van der Waals surface area contributed by atoms with E-state index in [0.717, 1.165) is 28.9 Å². The number of halogens is 1. The summed E-state index contributed by atoms with van der Waals surface area (Å²) in [5.74, 6) is 1.62. The highest BCUT2D eigenvalue weighted by atomic mass is 79.9. The number of hydrogen-bond donors (Lipinski definition) is 1. The van der Waals surface area contributed by atoms with Gasteiger partial charge in [0.2, 0.25) is 0 Å². The summed E-state index contributed by atoms with van der Waals surface area (Å²) in [4.78, 5) is 0. The Kier molecular flexibility index (Phi) is 3.71. The van der Waals surface area contributed by atoms with Crippen molar-refractivity contribution >= 4 is 15.9 Å². The lowest BCUT2D eigenvalue weighted by atomic mass is 10.0. The van der Waals surface area contributed by atoms with E-state index in [1.807, 2.05) is 12.1 Å². The molecule has 1 saturated heterocycles. The predicted octanol–water partition coefficient (Wildman–Crippen LogP) is 2.89. The van der Waals surface area contributed by atoms with Crippen LogP contribution in [-0.2, 0) is 0 Å². The topological polar surface area (TPSA) is 30.5 Å². The molecule has 1 aliphatic heterocycles. The maximum atomic E-state index is 5.47. The van der Waals surface area contributed by atoms with Crippen molar-refractivity contribution in [2.75, 3.05) is 20.8 Å². The van der Waals surface area contributed by atoms with Crippen LogP contribution in [0, 0.1) is 0 Å². The average Bonchev–Trinajstić information content (AvgIpc) is 2.81. The molecule has 3 nitrogen and oxygen atoms in total. The van der Waals surface area contributed by atoms with Gasteiger partial charge in [0.1, 0.15) is 0 Å². The predicted molar refractivity (Wildman–Crippen MR) is 67.2 cm³/mol. The quantitative estimate of drug-likeness (QED) is 0.926. The Hall–Kier alpha value is -0.740. The van der Waals surface area contributed by atoms with Gasteiger partial charge in [-0.15, -0.1) is 0 Å². The molecule has 1 N–H and O–H groups in total. The minimum Gasteiger partial charge on any atom is -0.493 e. The third-order valence-corrected chi connectivity index (χ3v) is 3.63. The zero-order valence-electron chi connectivity index (χ0n) is 9.55. The van der Waals surface area contributed by atoms with Gasteiger partial charge in [-0.2, -0.15) is 0 Å². The van der Waals surface area contributed by atoms with Crippen molar-refractivity contribution in [1.29, 1.82) is 0 Å². The maximum absolute atomic E-state index is 5.47. The SMILES string of the molecule is COc1ccc(Br)c(C2CCCN2)c1OC. The van der Waals surface area contributed by atoms with E-state index in [2.05, 4.69) is 21.2 Å². The largest absolute Gasteiger partial charge is 0.493 e. The summed E-state index contributed by atoms with van der Waals surface area (Å²) in [5, 5.41) is 3.47. The molecule has 0 amide bonds. The Labute approximate surface area is 104 Å². The van der Waals surface area contributed by atoms with Crippen molar-refractivity contribution in [2.45, 2.75) is 18.9 Å². The van der Waals surface area contributed by atoms with Crippen molar-refractivity contribution in [2.24, 2.45) is 0 Å². The van der Waals surface area contributed by atoms with Crippen LogP contribution in [-0.4, -0.2) is 20.8 Å². The van der Waals surface area contributed by atoms with Crippen LogP contribution >= 0.6 is 15.9 Å². The second-order valence-corrected chi connectivity index (χ2v) is 4.70. The lowest BCUT2D eigenvalue weighted by molar-refractivity contribution is 0.348. The molecule has 0 bridgehead atoms. The van der Waals surface area contributed by atoms with Crippen LogP contribution in [0.15, 0.2) is 16.6 Å². The molecule has 1 aromatic carbocycles. The zero-order chi connectivity index (χ0) is 11.5. The van der Waals surface area contributed by atoms with Crippen LogP contribution in [0.25, 0.3) is 0 Å². The molecular weight excluding hydrogens is 270 g/mol. The highest BCUT2D eigenvalue weighted by molar-refractivity contribution is 9.10. The van der Waals surface area contributed by atoms with Crippen LogP contribution in [0.3, 0.4) is 0 Å². The molecule has 4 heteroatoms. The first kappa shape index (κ1) is 11.7. The molecule has 0 aromatic heterocycles. The minimum absolute atomic E-state index is 0.361. The normalized spacial score (nSPS) is 19.8. The van der Waals surface area contributed by atoms with E-state index in [0.29, 0.717) is 6.04 Å². The summed E-state index contributed by atoms with van der Waals surface area (Å²) in [5.41, 5.74) is 1.17. The molecule has 1 atom stereocenters. The summed E-state index contributed by atoms with van der Waals surface area (Å²) >= 11 is 3.59. The van der Waals surface area contributed by atoms with E-state index in [4.69, 9.17) is 9.47 Å². The van der Waals surface area contributed by atoms with Gasteiger partial charge in [-0.1, -0.05) is 15.9 Å². The van der Waals surface area contributed by atoms with Gasteiger partial charge in [0, 0.05) is 16.1 Å². The number of nitrogens with one attached hydrogen (secondary N) is 1. The van der Waals surface area contributed by atoms with E-state index >= 15 is 0 Å². The van der Waals surface area contributed by atoms with Gasteiger partial charge >= 0.3 is 0 Å². The van der Waals surface area contributed by atoms with Crippen LogP contribution in [0.2, 0.25) is 0 Å². The third kappa shape index (κ3) is 2.04. The Bertz CT molecular complexity index is 376. The van der Waals surface area contributed by atoms with E-state index < -0.39 is 0 Å². The molecule has 1 heterocycles. The highest BCUT2D eigenvalue weighted by Gasteiger charge is 2.24. The number of benzene rings is 1. The van der Waals surface area contributed by atoms with Crippen molar-refractivity contribution in [1.82, 2.24) is 5.32 Å². The molecule has 1 fully saturated rings. The minimum atomic E-state index is 0.361. The van der Waals surface area contributed by atoms with Crippen molar-refractivity contribution < 1.29 is 9.47 Å². The second kappa shape index (κ2) is 5.06. The summed E-state index contributed by atoms with van der Waals surface area (Å²) in [6.45, 7) is 1.07. The molecule has 2 rings (SSSR count). The maximum Gasteiger partial charge on any atom is 0.166 e. The first-order valence-corrected chi connectivity index (χ1v) is 6.21. The standard InChI is InChI=1S/C12H16BrNO2/c1-15-10-6-5-8(13)11(12(10)16-2)9-4-3-7-14-9/h5-6,9,14H,3-4,7H2,1-2H3. The zero-order valence-corrected chi connectivity index (χ0v) is 11.1. The summed E-state index contributed by atoms with van der Waals surface area (Å²) in [6.07, 6.45) is 2.35. The van der Waals surface area contributed by atoms with Crippen molar-refractivity contribution in [3.05, 3.63) is 22.2 Å². The van der Waals surface area contributed by atoms with Crippen LogP contribution in [0.1, 0.15) is 24.4 Å². The molecule has 1 aromatic rings. The lowest BCUT2D eigenvalue weighted by Crippen LogP contribution is -2.14. The molecule has 0 spiro atoms. The number of rotatable bonds is 3. The Morgan fingerprint density at radius 1 is 1.31 bits per heavy atom. The monoisotopic (exact) mass is 285 g/mol. The smallest absolute Gasteiger partial charge is 0.166 e. The summed E-state index contributed by atoms with van der Waals surface area (Å²) in [6, 6.07) is 4.29. The first-order valence-electron chi connectivity index (χ1n) is 5.41. The van der Waals surface area contributed by atoms with Gasteiger partial charge in [-0.3, -0.25) is 0 Å². The fourth-order valence-electron chi connectivity index (χ4n) is 2.18. The van der Waals surface area contributed by atoms with Gasteiger partial charge in [0.05, 0.1) is 14.2 Å². The second-order valence-electron chi connectivity index (χ2n) is 3.85. The van der Waals surface area contributed by atoms with Crippen LogP contribution < -0.4 is 14.8 Å². The van der Waals surface area contributed by atoms with E-state index in [-0.39, 0.29) is 0 Å². The highest BCUT2D eigenvalue weighted by Crippen LogP contribution is 2.42. The van der Waals surface area contributed by atoms with Crippen LogP contribution in [0.4, 0.5) is 0 Å². The Morgan fingerprint density at radius 2 is 2.12 bits per heavy atom. The molecular formula is C12H16BrNO2. The van der Waals surface area contributed by atoms with Gasteiger partial charge in [0.15, 0.2) is 11.5 Å². The Balaban J connectivity index is 2.47. The number of methoxy groups -OCH3 is 2. The number of hydrogen-bond acceptors (Lipinski definition) is 3. The van der Waals surface area contributed by atoms with E-state index in [1.54, 1.807) is 14.2 Å². The first-order chi connectivity index (χ1) is 7.77. The fraction of sp³-hybridized carbons (Fsp3) is 0.500. The molecule has 0 saturated carbocycles. The molecule has 1 unspecified atom stereocenters. The average molecular weight is 286 g/mol. The van der Waals surface area contributed by atoms with Gasteiger partial charge in [-0.25, -0.2) is 0 Å². The molecule has 16 heavy (non-hydrogen) atoms. The van der Waals surface area contributed by atoms with E-state index in [9.17, 15) is 0 Å². The van der Waals surface area contributed by atoms with Crippen LogP contribution in [0.5, 0.6) is 11.5 Å². The molecule has 0 radical (unpaired) electrons.